The van der Waals surface area contributed by atoms with Gasteiger partial charge in [0, 0.05) is 6.54 Å². The minimum Gasteiger partial charge on any atom is -0.423 e. The lowest BCUT2D eigenvalue weighted by atomic mass is 10.0. The number of alkyl halides is 3. The molecule has 3 heterocycles. The number of hydrogen-bond donors (Lipinski definition) is 1. The van der Waals surface area contributed by atoms with Crippen LogP contribution in [0.5, 0.6) is 0 Å². The van der Waals surface area contributed by atoms with E-state index in [-0.39, 0.29) is 17.5 Å². The summed E-state index contributed by atoms with van der Waals surface area (Å²) in [5, 5.41) is 16.8. The Morgan fingerprint density at radius 1 is 1.39 bits per heavy atom. The van der Waals surface area contributed by atoms with E-state index in [4.69, 9.17) is 4.42 Å². The highest BCUT2D eigenvalue weighted by molar-refractivity contribution is 5.92. The van der Waals surface area contributed by atoms with Crippen LogP contribution in [0.1, 0.15) is 47.6 Å². The van der Waals surface area contributed by atoms with Gasteiger partial charge < -0.3 is 9.32 Å². The molecule has 0 radical (unpaired) electrons. The number of nitrogens with one attached hydrogen (secondary N) is 1. The van der Waals surface area contributed by atoms with Crippen molar-refractivity contribution in [1.82, 2.24) is 30.5 Å². The standard InChI is InChI=1S/C12H13F3N6O2/c13-12(14,15)5-9-18-19-10(23-9)8-3-1-2-4-21(8)11(22)7-6-16-20-17-7/h6,8H,1-5H2,(H,16,17,20). The van der Waals surface area contributed by atoms with Crippen LogP contribution in [0.4, 0.5) is 13.2 Å². The molecular weight excluding hydrogens is 317 g/mol. The first-order valence-electron chi connectivity index (χ1n) is 7.00. The lowest BCUT2D eigenvalue weighted by molar-refractivity contribution is -0.131. The van der Waals surface area contributed by atoms with E-state index in [1.165, 1.54) is 11.1 Å². The van der Waals surface area contributed by atoms with E-state index >= 15 is 0 Å². The summed E-state index contributed by atoms with van der Waals surface area (Å²) in [5.74, 6) is -0.869. The first-order valence-corrected chi connectivity index (χ1v) is 7.00. The number of rotatable bonds is 3. The third-order valence-electron chi connectivity index (χ3n) is 3.52. The molecule has 124 valence electrons. The van der Waals surface area contributed by atoms with Gasteiger partial charge >= 0.3 is 6.18 Å². The first-order chi connectivity index (χ1) is 10.9. The van der Waals surface area contributed by atoms with E-state index < -0.39 is 24.5 Å². The number of amides is 1. The topological polar surface area (TPSA) is 101 Å². The Morgan fingerprint density at radius 3 is 2.91 bits per heavy atom. The number of carbonyl (C=O) groups is 1. The van der Waals surface area contributed by atoms with E-state index in [1.54, 1.807) is 0 Å². The van der Waals surface area contributed by atoms with Gasteiger partial charge in [0.15, 0.2) is 5.69 Å². The Hall–Kier alpha value is -2.46. The van der Waals surface area contributed by atoms with Crippen molar-refractivity contribution in [3.05, 3.63) is 23.7 Å². The molecule has 1 unspecified atom stereocenters. The fourth-order valence-electron chi connectivity index (χ4n) is 2.53. The maximum absolute atomic E-state index is 12.4. The summed E-state index contributed by atoms with van der Waals surface area (Å²) in [6.07, 6.45) is -2.29. The highest BCUT2D eigenvalue weighted by Crippen LogP contribution is 2.32. The molecule has 0 bridgehead atoms. The smallest absolute Gasteiger partial charge is 0.397 e. The van der Waals surface area contributed by atoms with Gasteiger partial charge in [-0.05, 0) is 19.3 Å². The number of hydrogen-bond acceptors (Lipinski definition) is 6. The van der Waals surface area contributed by atoms with Crippen molar-refractivity contribution in [1.29, 1.82) is 0 Å². The minimum absolute atomic E-state index is 0.0146. The minimum atomic E-state index is -4.42. The summed E-state index contributed by atoms with van der Waals surface area (Å²) >= 11 is 0. The average Bonchev–Trinajstić information content (AvgIpc) is 3.16. The molecule has 2 aromatic rings. The fourth-order valence-corrected chi connectivity index (χ4v) is 2.53. The molecule has 2 aromatic heterocycles. The molecule has 1 atom stereocenters. The van der Waals surface area contributed by atoms with Gasteiger partial charge in [0.25, 0.3) is 5.91 Å². The van der Waals surface area contributed by atoms with E-state index in [9.17, 15) is 18.0 Å². The second-order valence-corrected chi connectivity index (χ2v) is 5.19. The Labute approximate surface area is 128 Å². The van der Waals surface area contributed by atoms with Crippen LogP contribution in [0.15, 0.2) is 10.6 Å². The maximum Gasteiger partial charge on any atom is 0.397 e. The Kier molecular flexibility index (Phi) is 4.01. The molecule has 0 aromatic carbocycles. The molecular formula is C12H13F3N6O2. The maximum atomic E-state index is 12.4. The van der Waals surface area contributed by atoms with E-state index in [1.807, 2.05) is 0 Å². The van der Waals surface area contributed by atoms with Crippen LogP contribution >= 0.6 is 0 Å². The monoisotopic (exact) mass is 330 g/mol. The van der Waals surface area contributed by atoms with Crippen molar-refractivity contribution in [2.75, 3.05) is 6.54 Å². The average molecular weight is 330 g/mol. The summed E-state index contributed by atoms with van der Waals surface area (Å²) in [5.41, 5.74) is 0.131. The van der Waals surface area contributed by atoms with Gasteiger partial charge in [0.2, 0.25) is 11.8 Å². The molecule has 0 aliphatic carbocycles. The predicted octanol–water partition coefficient (Wildman–Crippen LogP) is 1.66. The van der Waals surface area contributed by atoms with Crippen molar-refractivity contribution in [2.45, 2.75) is 37.9 Å². The molecule has 1 saturated heterocycles. The van der Waals surface area contributed by atoms with Gasteiger partial charge in [-0.3, -0.25) is 4.79 Å². The van der Waals surface area contributed by atoms with E-state index in [2.05, 4.69) is 25.6 Å². The number of halogens is 3. The van der Waals surface area contributed by atoms with Gasteiger partial charge in [-0.15, -0.1) is 10.2 Å². The summed E-state index contributed by atoms with van der Waals surface area (Å²) in [4.78, 5) is 13.9. The van der Waals surface area contributed by atoms with Gasteiger partial charge in [-0.1, -0.05) is 0 Å². The van der Waals surface area contributed by atoms with E-state index in [0.717, 1.165) is 12.8 Å². The van der Waals surface area contributed by atoms with Crippen molar-refractivity contribution < 1.29 is 22.4 Å². The van der Waals surface area contributed by atoms with Crippen molar-refractivity contribution in [3.63, 3.8) is 0 Å². The molecule has 1 aliphatic rings. The van der Waals surface area contributed by atoms with Crippen molar-refractivity contribution in [3.8, 4) is 0 Å². The van der Waals surface area contributed by atoms with Crippen LogP contribution in [-0.2, 0) is 6.42 Å². The molecule has 1 amide bonds. The number of carbonyl (C=O) groups excluding carboxylic acids is 1. The number of H-pyrrole nitrogens is 1. The van der Waals surface area contributed by atoms with Crippen LogP contribution < -0.4 is 0 Å². The lowest BCUT2D eigenvalue weighted by Gasteiger charge is -2.32. The summed E-state index contributed by atoms with van der Waals surface area (Å²) in [7, 11) is 0. The van der Waals surface area contributed by atoms with Gasteiger partial charge in [0.1, 0.15) is 12.5 Å². The SMILES string of the molecule is O=C(c1cn[nH]n1)N1CCCCC1c1nnc(CC(F)(F)F)o1. The fraction of sp³-hybridized carbons (Fsp3) is 0.583. The second kappa shape index (κ2) is 5.97. The van der Waals surface area contributed by atoms with Gasteiger partial charge in [-0.2, -0.15) is 28.6 Å². The van der Waals surface area contributed by atoms with Crippen molar-refractivity contribution in [2.24, 2.45) is 0 Å². The van der Waals surface area contributed by atoms with Gasteiger partial charge in [0.05, 0.1) is 6.20 Å². The summed E-state index contributed by atoms with van der Waals surface area (Å²) < 4.78 is 42.2. The van der Waals surface area contributed by atoms with Crippen LogP contribution in [0.25, 0.3) is 0 Å². The highest BCUT2D eigenvalue weighted by Gasteiger charge is 2.35. The first kappa shape index (κ1) is 15.4. The Bertz CT molecular complexity index is 669. The number of aromatic nitrogens is 5. The van der Waals surface area contributed by atoms with Crippen LogP contribution in [0, 0.1) is 0 Å². The van der Waals surface area contributed by atoms with Crippen molar-refractivity contribution >= 4 is 5.91 Å². The predicted molar refractivity (Wildman–Crippen MR) is 68.1 cm³/mol. The Balaban J connectivity index is 1.80. The molecule has 0 spiro atoms. The number of nitrogens with zero attached hydrogens (tertiary/aromatic N) is 5. The van der Waals surface area contributed by atoms with Crippen LogP contribution in [0.3, 0.4) is 0 Å². The molecule has 11 heteroatoms. The molecule has 1 fully saturated rings. The quantitative estimate of drug-likeness (QED) is 0.918. The molecule has 0 saturated carbocycles. The zero-order chi connectivity index (χ0) is 16.4. The molecule has 8 nitrogen and oxygen atoms in total. The zero-order valence-electron chi connectivity index (χ0n) is 11.9. The third kappa shape index (κ3) is 3.48. The molecule has 1 N–H and O–H groups in total. The lowest BCUT2D eigenvalue weighted by Crippen LogP contribution is -2.38. The third-order valence-corrected chi connectivity index (χ3v) is 3.52. The second-order valence-electron chi connectivity index (χ2n) is 5.19. The number of piperidine rings is 1. The van der Waals surface area contributed by atoms with E-state index in [0.29, 0.717) is 13.0 Å². The number of likely N-dealkylation sites (tertiary alicyclic amines) is 1. The Morgan fingerprint density at radius 2 is 2.22 bits per heavy atom. The molecule has 1 aliphatic heterocycles. The zero-order valence-corrected chi connectivity index (χ0v) is 11.9. The molecule has 23 heavy (non-hydrogen) atoms. The summed E-state index contributed by atoms with van der Waals surface area (Å²) in [6.45, 7) is 0.438. The molecule has 3 rings (SSSR count). The van der Waals surface area contributed by atoms with Crippen LogP contribution in [-0.4, -0.2) is 49.1 Å². The largest absolute Gasteiger partial charge is 0.423 e. The summed E-state index contributed by atoms with van der Waals surface area (Å²) in [6, 6.07) is -0.553. The highest BCUT2D eigenvalue weighted by atomic mass is 19.4. The number of aromatic amines is 1. The van der Waals surface area contributed by atoms with Gasteiger partial charge in [-0.25, -0.2) is 0 Å². The normalized spacial score (nSPS) is 19.1. The van der Waals surface area contributed by atoms with Crippen LogP contribution in [0.2, 0.25) is 0 Å².